The molecular weight excluding hydrogens is 114 g/mol. The molecule has 54 valence electrons. The van der Waals surface area contributed by atoms with E-state index >= 15 is 0 Å². The molecule has 0 bridgehead atoms. The van der Waals surface area contributed by atoms with E-state index in [9.17, 15) is 4.79 Å². The van der Waals surface area contributed by atoms with Crippen molar-refractivity contribution in [1.82, 2.24) is 0 Å². The molecule has 0 aromatic heterocycles. The SMILES string of the molecule is CC[C@H](N)C(=O)C(C)C. The van der Waals surface area contributed by atoms with Gasteiger partial charge in [-0.25, -0.2) is 0 Å². The van der Waals surface area contributed by atoms with Crippen molar-refractivity contribution in [1.29, 1.82) is 0 Å². The Kier molecular flexibility index (Phi) is 3.47. The maximum absolute atomic E-state index is 10.9. The fourth-order valence-corrected chi connectivity index (χ4v) is 0.629. The third kappa shape index (κ3) is 2.61. The van der Waals surface area contributed by atoms with Crippen LogP contribution in [0.25, 0.3) is 0 Å². The van der Waals surface area contributed by atoms with Crippen molar-refractivity contribution in [3.05, 3.63) is 0 Å². The first-order valence-corrected chi connectivity index (χ1v) is 3.38. The Labute approximate surface area is 56.4 Å². The summed E-state index contributed by atoms with van der Waals surface area (Å²) < 4.78 is 0. The topological polar surface area (TPSA) is 43.1 Å². The molecule has 0 saturated heterocycles. The minimum atomic E-state index is -0.245. The fourth-order valence-electron chi connectivity index (χ4n) is 0.629. The van der Waals surface area contributed by atoms with E-state index in [4.69, 9.17) is 5.73 Å². The summed E-state index contributed by atoms with van der Waals surface area (Å²) in [6, 6.07) is -0.245. The quantitative estimate of drug-likeness (QED) is 0.616. The zero-order valence-corrected chi connectivity index (χ0v) is 6.35. The predicted molar refractivity (Wildman–Crippen MR) is 38.1 cm³/mol. The number of rotatable bonds is 3. The van der Waals surface area contributed by atoms with Crippen LogP contribution in [0.3, 0.4) is 0 Å². The Morgan fingerprint density at radius 3 is 2.11 bits per heavy atom. The molecule has 0 aliphatic heterocycles. The first-order chi connectivity index (χ1) is 4.09. The second-order valence-corrected chi connectivity index (χ2v) is 2.57. The Hall–Kier alpha value is -0.370. The van der Waals surface area contributed by atoms with Crippen LogP contribution in [-0.4, -0.2) is 11.8 Å². The number of hydrogen-bond acceptors (Lipinski definition) is 2. The molecule has 2 heteroatoms. The normalized spacial score (nSPS) is 13.9. The Morgan fingerprint density at radius 1 is 1.56 bits per heavy atom. The van der Waals surface area contributed by atoms with Crippen molar-refractivity contribution in [2.24, 2.45) is 11.7 Å². The first-order valence-electron chi connectivity index (χ1n) is 3.38. The molecule has 1 atom stereocenters. The van der Waals surface area contributed by atoms with Crippen LogP contribution in [0.1, 0.15) is 27.2 Å². The van der Waals surface area contributed by atoms with Crippen LogP contribution in [0.2, 0.25) is 0 Å². The van der Waals surface area contributed by atoms with Crippen molar-refractivity contribution in [3.63, 3.8) is 0 Å². The Balaban J connectivity index is 3.73. The van der Waals surface area contributed by atoms with E-state index < -0.39 is 0 Å². The Bertz CT molecular complexity index is 99.1. The Morgan fingerprint density at radius 2 is 2.00 bits per heavy atom. The van der Waals surface area contributed by atoms with E-state index in [1.165, 1.54) is 0 Å². The van der Waals surface area contributed by atoms with Crippen LogP contribution in [-0.2, 0) is 4.79 Å². The molecule has 2 nitrogen and oxygen atoms in total. The first kappa shape index (κ1) is 8.63. The van der Waals surface area contributed by atoms with Gasteiger partial charge in [0.2, 0.25) is 0 Å². The van der Waals surface area contributed by atoms with Gasteiger partial charge in [-0.2, -0.15) is 0 Å². The summed E-state index contributed by atoms with van der Waals surface area (Å²) in [6.07, 6.45) is 0.747. The minimum Gasteiger partial charge on any atom is -0.322 e. The lowest BCUT2D eigenvalue weighted by molar-refractivity contribution is -0.123. The highest BCUT2D eigenvalue weighted by Crippen LogP contribution is 1.99. The van der Waals surface area contributed by atoms with Crippen LogP contribution in [0.15, 0.2) is 0 Å². The average molecular weight is 129 g/mol. The second kappa shape index (κ2) is 3.62. The summed E-state index contributed by atoms with van der Waals surface area (Å²) in [4.78, 5) is 10.9. The fraction of sp³-hybridized carbons (Fsp3) is 0.857. The molecule has 0 aliphatic carbocycles. The van der Waals surface area contributed by atoms with Gasteiger partial charge in [-0.1, -0.05) is 20.8 Å². The van der Waals surface area contributed by atoms with E-state index in [-0.39, 0.29) is 17.7 Å². The van der Waals surface area contributed by atoms with Gasteiger partial charge in [0, 0.05) is 5.92 Å². The lowest BCUT2D eigenvalue weighted by Gasteiger charge is -2.09. The molecule has 0 radical (unpaired) electrons. The third-order valence-electron chi connectivity index (χ3n) is 1.37. The predicted octanol–water partition coefficient (Wildman–Crippen LogP) is 0.949. The third-order valence-corrected chi connectivity index (χ3v) is 1.37. The smallest absolute Gasteiger partial charge is 0.152 e. The van der Waals surface area contributed by atoms with Gasteiger partial charge in [-0.15, -0.1) is 0 Å². The number of ketones is 1. The summed E-state index contributed by atoms with van der Waals surface area (Å²) in [7, 11) is 0. The molecule has 0 spiro atoms. The van der Waals surface area contributed by atoms with Gasteiger partial charge in [0.25, 0.3) is 0 Å². The minimum absolute atomic E-state index is 0.0833. The largest absolute Gasteiger partial charge is 0.322 e. The lowest BCUT2D eigenvalue weighted by atomic mass is 10.0. The van der Waals surface area contributed by atoms with Crippen LogP contribution in [0.4, 0.5) is 0 Å². The molecular formula is C7H15NO. The highest BCUT2D eigenvalue weighted by molar-refractivity contribution is 5.85. The van der Waals surface area contributed by atoms with Gasteiger partial charge in [0.05, 0.1) is 6.04 Å². The number of nitrogens with two attached hydrogens (primary N) is 1. The molecule has 2 N–H and O–H groups in total. The molecule has 0 heterocycles. The number of carbonyl (C=O) groups excluding carboxylic acids is 1. The molecule has 0 saturated carbocycles. The molecule has 0 aromatic carbocycles. The molecule has 0 aromatic rings. The van der Waals surface area contributed by atoms with Gasteiger partial charge in [0.15, 0.2) is 5.78 Å². The van der Waals surface area contributed by atoms with Crippen LogP contribution in [0.5, 0.6) is 0 Å². The van der Waals surface area contributed by atoms with Gasteiger partial charge < -0.3 is 5.73 Å². The lowest BCUT2D eigenvalue weighted by Crippen LogP contribution is -2.32. The van der Waals surface area contributed by atoms with Crippen molar-refractivity contribution in [2.75, 3.05) is 0 Å². The average Bonchev–Trinajstić information content (AvgIpc) is 1.84. The molecule has 9 heavy (non-hydrogen) atoms. The maximum Gasteiger partial charge on any atom is 0.152 e. The number of hydrogen-bond donors (Lipinski definition) is 1. The maximum atomic E-state index is 10.9. The van der Waals surface area contributed by atoms with Crippen molar-refractivity contribution in [3.8, 4) is 0 Å². The monoisotopic (exact) mass is 129 g/mol. The number of carbonyl (C=O) groups is 1. The van der Waals surface area contributed by atoms with E-state index in [1.807, 2.05) is 20.8 Å². The molecule has 0 aliphatic rings. The molecule has 0 unspecified atom stereocenters. The highest BCUT2D eigenvalue weighted by Gasteiger charge is 2.13. The van der Waals surface area contributed by atoms with E-state index in [0.29, 0.717) is 0 Å². The summed E-state index contributed by atoms with van der Waals surface area (Å²) in [6.45, 7) is 5.67. The van der Waals surface area contributed by atoms with Crippen LogP contribution in [0, 0.1) is 5.92 Å². The second-order valence-electron chi connectivity index (χ2n) is 2.57. The highest BCUT2D eigenvalue weighted by atomic mass is 16.1. The van der Waals surface area contributed by atoms with Gasteiger partial charge >= 0.3 is 0 Å². The summed E-state index contributed by atoms with van der Waals surface area (Å²) in [5, 5.41) is 0. The molecule has 0 amide bonds. The standard InChI is InChI=1S/C7H15NO/c1-4-6(8)7(9)5(2)3/h5-6H,4,8H2,1-3H3/t6-/m0/s1. The van der Waals surface area contributed by atoms with Crippen molar-refractivity contribution >= 4 is 5.78 Å². The molecule has 0 rings (SSSR count). The van der Waals surface area contributed by atoms with Gasteiger partial charge in [0.1, 0.15) is 0 Å². The number of Topliss-reactive ketones (excluding diaryl/α,β-unsaturated/α-hetero) is 1. The summed E-state index contributed by atoms with van der Waals surface area (Å²) >= 11 is 0. The van der Waals surface area contributed by atoms with E-state index in [1.54, 1.807) is 0 Å². The van der Waals surface area contributed by atoms with Gasteiger partial charge in [-0.3, -0.25) is 4.79 Å². The van der Waals surface area contributed by atoms with Crippen LogP contribution < -0.4 is 5.73 Å². The zero-order chi connectivity index (χ0) is 7.44. The zero-order valence-electron chi connectivity index (χ0n) is 6.35. The van der Waals surface area contributed by atoms with Crippen molar-refractivity contribution < 1.29 is 4.79 Å². The van der Waals surface area contributed by atoms with E-state index in [2.05, 4.69) is 0 Å². The molecule has 0 fully saturated rings. The van der Waals surface area contributed by atoms with E-state index in [0.717, 1.165) is 6.42 Å². The summed E-state index contributed by atoms with van der Waals surface area (Å²) in [5.41, 5.74) is 5.47. The summed E-state index contributed by atoms with van der Waals surface area (Å²) in [5.74, 6) is 0.248. The van der Waals surface area contributed by atoms with Crippen molar-refractivity contribution in [2.45, 2.75) is 33.2 Å². The van der Waals surface area contributed by atoms with Gasteiger partial charge in [-0.05, 0) is 6.42 Å². The van der Waals surface area contributed by atoms with Crippen LogP contribution >= 0.6 is 0 Å².